The van der Waals surface area contributed by atoms with Crippen molar-refractivity contribution in [2.75, 3.05) is 12.4 Å². The minimum atomic E-state index is 0.127. The third-order valence-electron chi connectivity index (χ3n) is 2.83. The number of anilines is 1. The molecule has 2 rings (SSSR count). The first-order valence-corrected chi connectivity index (χ1v) is 6.20. The highest BCUT2D eigenvalue weighted by molar-refractivity contribution is 6.32. The maximum Gasteiger partial charge on any atom is 0.160 e. The molecule has 0 aliphatic rings. The number of aryl methyl sites for hydroxylation is 1. The van der Waals surface area contributed by atoms with Gasteiger partial charge in [-0.3, -0.25) is 0 Å². The Labute approximate surface area is 117 Å². The van der Waals surface area contributed by atoms with Crippen LogP contribution in [0, 0.1) is 6.92 Å². The molecule has 0 aliphatic carbocycles. The number of aromatic nitrogens is 1. The van der Waals surface area contributed by atoms with Gasteiger partial charge in [0.1, 0.15) is 0 Å². The van der Waals surface area contributed by atoms with Gasteiger partial charge in [0.05, 0.1) is 12.8 Å². The zero-order chi connectivity index (χ0) is 13.8. The monoisotopic (exact) mass is 278 g/mol. The third-order valence-corrected chi connectivity index (χ3v) is 3.11. The lowest BCUT2D eigenvalue weighted by Crippen LogP contribution is -2.02. The second kappa shape index (κ2) is 5.80. The van der Waals surface area contributed by atoms with Gasteiger partial charge in [0.25, 0.3) is 0 Å². The van der Waals surface area contributed by atoms with Crippen molar-refractivity contribution in [3.05, 3.63) is 46.7 Å². The highest BCUT2D eigenvalue weighted by Gasteiger charge is 2.06. The molecule has 2 aromatic rings. The molecule has 1 aromatic carbocycles. The Kier molecular flexibility index (Phi) is 4.12. The normalized spacial score (nSPS) is 10.3. The van der Waals surface area contributed by atoms with Gasteiger partial charge in [-0.25, -0.2) is 4.98 Å². The van der Waals surface area contributed by atoms with E-state index in [9.17, 15) is 5.11 Å². The third kappa shape index (κ3) is 3.09. The van der Waals surface area contributed by atoms with E-state index in [1.165, 1.54) is 7.11 Å². The van der Waals surface area contributed by atoms with Crippen LogP contribution in [0.4, 0.5) is 5.69 Å². The van der Waals surface area contributed by atoms with E-state index in [1.54, 1.807) is 18.3 Å². The summed E-state index contributed by atoms with van der Waals surface area (Å²) in [6.07, 6.45) is 1.67. The largest absolute Gasteiger partial charge is 0.504 e. The van der Waals surface area contributed by atoms with Crippen molar-refractivity contribution in [1.82, 2.24) is 4.98 Å². The van der Waals surface area contributed by atoms with Crippen molar-refractivity contribution in [2.24, 2.45) is 0 Å². The number of methoxy groups -OCH3 is 1. The number of nitrogens with zero attached hydrogens (tertiary/aromatic N) is 1. The summed E-state index contributed by atoms with van der Waals surface area (Å²) in [5.41, 5.74) is 2.83. The highest BCUT2D eigenvalue weighted by atomic mass is 35.5. The number of aromatic hydroxyl groups is 1. The second-order valence-corrected chi connectivity index (χ2v) is 4.51. The van der Waals surface area contributed by atoms with Gasteiger partial charge in [-0.1, -0.05) is 17.7 Å². The van der Waals surface area contributed by atoms with Crippen LogP contribution in [0.1, 0.15) is 11.1 Å². The molecule has 0 bridgehead atoms. The number of pyridine rings is 1. The van der Waals surface area contributed by atoms with Crippen molar-refractivity contribution in [2.45, 2.75) is 13.5 Å². The standard InChI is InChI=1S/C14H15ClN2O2/c1-9-5-6-16-14(15)13(9)17-8-10-3-4-11(18)12(7-10)19-2/h3-7,17-18H,8H2,1-2H3. The first kappa shape index (κ1) is 13.5. The zero-order valence-electron chi connectivity index (χ0n) is 10.8. The molecule has 0 saturated carbocycles. The molecule has 5 heteroatoms. The fourth-order valence-corrected chi connectivity index (χ4v) is 2.03. The Bertz CT molecular complexity index is 567. The maximum atomic E-state index is 9.53. The number of phenolic OH excluding ortho intramolecular Hbond substituents is 1. The number of rotatable bonds is 4. The summed E-state index contributed by atoms with van der Waals surface area (Å²) in [7, 11) is 1.52. The number of hydrogen-bond donors (Lipinski definition) is 2. The van der Waals surface area contributed by atoms with Gasteiger partial charge in [-0.05, 0) is 36.2 Å². The quantitative estimate of drug-likeness (QED) is 0.842. The Hall–Kier alpha value is -1.94. The Morgan fingerprint density at radius 1 is 1.37 bits per heavy atom. The minimum Gasteiger partial charge on any atom is -0.504 e. The summed E-state index contributed by atoms with van der Waals surface area (Å²) in [5.74, 6) is 0.579. The lowest BCUT2D eigenvalue weighted by Gasteiger charge is -2.11. The molecule has 0 spiro atoms. The van der Waals surface area contributed by atoms with Crippen LogP contribution in [-0.4, -0.2) is 17.2 Å². The first-order valence-electron chi connectivity index (χ1n) is 5.82. The van der Waals surface area contributed by atoms with Gasteiger partial charge in [-0.15, -0.1) is 0 Å². The van der Waals surface area contributed by atoms with Crippen molar-refractivity contribution in [3.8, 4) is 11.5 Å². The van der Waals surface area contributed by atoms with Gasteiger partial charge < -0.3 is 15.2 Å². The molecule has 1 heterocycles. The molecule has 4 nitrogen and oxygen atoms in total. The number of phenols is 1. The lowest BCUT2D eigenvalue weighted by molar-refractivity contribution is 0.373. The molecule has 0 amide bonds. The van der Waals surface area contributed by atoms with Crippen molar-refractivity contribution in [3.63, 3.8) is 0 Å². The number of ether oxygens (including phenoxy) is 1. The van der Waals surface area contributed by atoms with E-state index >= 15 is 0 Å². The van der Waals surface area contributed by atoms with Gasteiger partial charge in [-0.2, -0.15) is 0 Å². The molecule has 0 saturated heterocycles. The van der Waals surface area contributed by atoms with Crippen LogP contribution in [0.15, 0.2) is 30.5 Å². The lowest BCUT2D eigenvalue weighted by atomic mass is 10.2. The van der Waals surface area contributed by atoms with Crippen LogP contribution in [0.5, 0.6) is 11.5 Å². The highest BCUT2D eigenvalue weighted by Crippen LogP contribution is 2.28. The molecule has 19 heavy (non-hydrogen) atoms. The van der Waals surface area contributed by atoms with E-state index in [4.69, 9.17) is 16.3 Å². The number of hydrogen-bond acceptors (Lipinski definition) is 4. The molecule has 0 radical (unpaired) electrons. The summed E-state index contributed by atoms with van der Waals surface area (Å²) in [6, 6.07) is 7.10. The SMILES string of the molecule is COc1cc(CNc2c(C)ccnc2Cl)ccc1O. The topological polar surface area (TPSA) is 54.4 Å². The average molecular weight is 279 g/mol. The molecule has 1 aromatic heterocycles. The van der Waals surface area contributed by atoms with E-state index in [0.717, 1.165) is 16.8 Å². The van der Waals surface area contributed by atoms with Gasteiger partial charge in [0.2, 0.25) is 0 Å². The molecule has 2 N–H and O–H groups in total. The maximum absolute atomic E-state index is 9.53. The summed E-state index contributed by atoms with van der Waals surface area (Å²) in [4.78, 5) is 4.04. The molecule has 100 valence electrons. The number of halogens is 1. The van der Waals surface area contributed by atoms with Crippen LogP contribution >= 0.6 is 11.6 Å². The molecule has 0 aliphatic heterocycles. The molecule has 0 fully saturated rings. The predicted molar refractivity (Wildman–Crippen MR) is 76.0 cm³/mol. The summed E-state index contributed by atoms with van der Waals surface area (Å²) in [5, 5.41) is 13.2. The number of benzene rings is 1. The Balaban J connectivity index is 2.15. The van der Waals surface area contributed by atoms with Crippen LogP contribution in [-0.2, 0) is 6.54 Å². The number of nitrogens with one attached hydrogen (secondary N) is 1. The van der Waals surface area contributed by atoms with Crippen LogP contribution in [0.2, 0.25) is 5.15 Å². The van der Waals surface area contributed by atoms with E-state index < -0.39 is 0 Å². The average Bonchev–Trinajstić information content (AvgIpc) is 2.40. The van der Waals surface area contributed by atoms with Crippen LogP contribution in [0.25, 0.3) is 0 Å². The smallest absolute Gasteiger partial charge is 0.160 e. The molecule has 0 atom stereocenters. The summed E-state index contributed by atoms with van der Waals surface area (Å²) < 4.78 is 5.07. The van der Waals surface area contributed by atoms with Gasteiger partial charge in [0, 0.05) is 12.7 Å². The van der Waals surface area contributed by atoms with Crippen LogP contribution in [0.3, 0.4) is 0 Å². The van der Waals surface area contributed by atoms with E-state index in [0.29, 0.717) is 17.4 Å². The summed E-state index contributed by atoms with van der Waals surface area (Å²) in [6.45, 7) is 2.54. The van der Waals surface area contributed by atoms with Crippen molar-refractivity contribution < 1.29 is 9.84 Å². The summed E-state index contributed by atoms with van der Waals surface area (Å²) >= 11 is 6.04. The van der Waals surface area contributed by atoms with E-state index in [1.807, 2.05) is 19.1 Å². The minimum absolute atomic E-state index is 0.127. The van der Waals surface area contributed by atoms with Gasteiger partial charge in [0.15, 0.2) is 16.7 Å². The van der Waals surface area contributed by atoms with E-state index in [-0.39, 0.29) is 5.75 Å². The fourth-order valence-electron chi connectivity index (χ4n) is 1.76. The molecular weight excluding hydrogens is 264 g/mol. The Morgan fingerprint density at radius 2 is 2.16 bits per heavy atom. The van der Waals surface area contributed by atoms with E-state index in [2.05, 4.69) is 10.3 Å². The molecular formula is C14H15ClN2O2. The zero-order valence-corrected chi connectivity index (χ0v) is 11.5. The van der Waals surface area contributed by atoms with Gasteiger partial charge >= 0.3 is 0 Å². The Morgan fingerprint density at radius 3 is 2.84 bits per heavy atom. The molecule has 0 unspecified atom stereocenters. The first-order chi connectivity index (χ1) is 9.11. The fraction of sp³-hybridized carbons (Fsp3) is 0.214. The second-order valence-electron chi connectivity index (χ2n) is 4.15. The van der Waals surface area contributed by atoms with Crippen molar-refractivity contribution >= 4 is 17.3 Å². The van der Waals surface area contributed by atoms with Crippen molar-refractivity contribution in [1.29, 1.82) is 0 Å². The van der Waals surface area contributed by atoms with Crippen LogP contribution < -0.4 is 10.1 Å². The predicted octanol–water partition coefficient (Wildman–Crippen LogP) is 3.37.